The fraction of sp³-hybridized carbons (Fsp3) is 0.417. The maximum atomic E-state index is 10.6. The Labute approximate surface area is 80.8 Å². The molecule has 0 unspecified atom stereocenters. The number of hydrogen-bond donors (Lipinski definition) is 0. The summed E-state index contributed by atoms with van der Waals surface area (Å²) in [4.78, 5) is 10.6. The third kappa shape index (κ3) is 8.80. The molecule has 0 atom stereocenters. The van der Waals surface area contributed by atoms with E-state index in [1.165, 1.54) is 11.1 Å². The van der Waals surface area contributed by atoms with Crippen molar-refractivity contribution in [1.82, 2.24) is 0 Å². The van der Waals surface area contributed by atoms with Gasteiger partial charge in [-0.3, -0.25) is 4.79 Å². The molecule has 0 aliphatic rings. The van der Waals surface area contributed by atoms with Crippen molar-refractivity contribution in [3.63, 3.8) is 0 Å². The predicted octanol–water partition coefficient (Wildman–Crippen LogP) is 3.43. The van der Waals surface area contributed by atoms with Crippen molar-refractivity contribution >= 4 is 5.78 Å². The molecule has 0 amide bonds. The molecule has 13 heavy (non-hydrogen) atoms. The Balaban J connectivity index is 3.88. The smallest absolute Gasteiger partial charge is 0.152 e. The molecule has 72 valence electrons. The number of rotatable bonds is 5. The Morgan fingerprint density at radius 2 is 1.85 bits per heavy atom. The van der Waals surface area contributed by atoms with Crippen molar-refractivity contribution in [2.45, 2.75) is 33.6 Å². The van der Waals surface area contributed by atoms with Crippen LogP contribution in [-0.2, 0) is 4.79 Å². The Hall–Kier alpha value is -1.11. The lowest BCUT2D eigenvalue weighted by atomic mass is 10.1. The first kappa shape index (κ1) is 11.9. The van der Waals surface area contributed by atoms with Gasteiger partial charge in [0.15, 0.2) is 5.78 Å². The molecule has 0 aromatic carbocycles. The number of ketones is 1. The van der Waals surface area contributed by atoms with Crippen LogP contribution in [0.5, 0.6) is 0 Å². The largest absolute Gasteiger partial charge is 0.295 e. The van der Waals surface area contributed by atoms with Crippen LogP contribution < -0.4 is 0 Å². The van der Waals surface area contributed by atoms with Crippen molar-refractivity contribution in [1.29, 1.82) is 0 Å². The Kier molecular flexibility index (Phi) is 5.86. The highest BCUT2D eigenvalue weighted by atomic mass is 16.1. The zero-order valence-electron chi connectivity index (χ0n) is 8.76. The van der Waals surface area contributed by atoms with Gasteiger partial charge in [-0.1, -0.05) is 23.3 Å². The first-order valence-corrected chi connectivity index (χ1v) is 4.51. The molecule has 0 radical (unpaired) electrons. The van der Waals surface area contributed by atoms with E-state index in [0.29, 0.717) is 0 Å². The molecular weight excluding hydrogens is 160 g/mol. The molecule has 0 saturated heterocycles. The molecular formula is C12H18O. The third-order valence-electron chi connectivity index (χ3n) is 1.66. The van der Waals surface area contributed by atoms with E-state index >= 15 is 0 Å². The second-order valence-corrected chi connectivity index (χ2v) is 3.44. The average molecular weight is 178 g/mol. The molecule has 0 heterocycles. The normalized spacial score (nSPS) is 12.1. The van der Waals surface area contributed by atoms with E-state index in [9.17, 15) is 4.79 Å². The second-order valence-electron chi connectivity index (χ2n) is 3.44. The van der Waals surface area contributed by atoms with Crippen molar-refractivity contribution in [3.8, 4) is 0 Å². The Morgan fingerprint density at radius 1 is 1.23 bits per heavy atom. The van der Waals surface area contributed by atoms with Crippen molar-refractivity contribution in [2.75, 3.05) is 0 Å². The highest BCUT2D eigenvalue weighted by Gasteiger charge is 1.89. The van der Waals surface area contributed by atoms with Gasteiger partial charge < -0.3 is 0 Å². The topological polar surface area (TPSA) is 17.1 Å². The van der Waals surface area contributed by atoms with E-state index in [1.807, 2.05) is 13.0 Å². The molecule has 0 fully saturated rings. The van der Waals surface area contributed by atoms with Crippen molar-refractivity contribution in [2.24, 2.45) is 0 Å². The number of hydrogen-bond acceptors (Lipinski definition) is 1. The van der Waals surface area contributed by atoms with Crippen molar-refractivity contribution < 1.29 is 4.79 Å². The van der Waals surface area contributed by atoms with E-state index in [-0.39, 0.29) is 5.78 Å². The molecule has 0 bridgehead atoms. The minimum Gasteiger partial charge on any atom is -0.295 e. The first-order valence-electron chi connectivity index (χ1n) is 4.51. The zero-order valence-corrected chi connectivity index (χ0v) is 8.76. The average Bonchev–Trinajstić information content (AvgIpc) is 2.00. The minimum absolute atomic E-state index is 0.0870. The number of allylic oxidation sites excluding steroid dienone is 5. The van der Waals surface area contributed by atoms with Crippen LogP contribution in [0.15, 0.2) is 36.0 Å². The minimum atomic E-state index is 0.0870. The summed E-state index contributed by atoms with van der Waals surface area (Å²) in [6, 6.07) is 0. The van der Waals surface area contributed by atoms with Crippen LogP contribution in [0, 0.1) is 0 Å². The number of carbonyl (C=O) groups excluding carboxylic acids is 1. The van der Waals surface area contributed by atoms with Gasteiger partial charge in [-0.2, -0.15) is 0 Å². The van der Waals surface area contributed by atoms with Gasteiger partial charge in [-0.15, -0.1) is 6.58 Å². The van der Waals surface area contributed by atoms with Gasteiger partial charge in [0.25, 0.3) is 0 Å². The molecule has 0 aromatic rings. The van der Waals surface area contributed by atoms with Crippen LogP contribution in [-0.4, -0.2) is 5.78 Å². The number of carbonyl (C=O) groups is 1. The van der Waals surface area contributed by atoms with Gasteiger partial charge in [-0.05, 0) is 39.7 Å². The van der Waals surface area contributed by atoms with Gasteiger partial charge in [-0.25, -0.2) is 0 Å². The molecule has 0 aliphatic heterocycles. The summed E-state index contributed by atoms with van der Waals surface area (Å²) < 4.78 is 0. The summed E-state index contributed by atoms with van der Waals surface area (Å²) in [6.45, 7) is 9.47. The highest BCUT2D eigenvalue weighted by Crippen LogP contribution is 2.08. The Morgan fingerprint density at radius 3 is 2.31 bits per heavy atom. The van der Waals surface area contributed by atoms with Gasteiger partial charge in [0.2, 0.25) is 0 Å². The van der Waals surface area contributed by atoms with Gasteiger partial charge in [0.05, 0.1) is 0 Å². The van der Waals surface area contributed by atoms with E-state index in [4.69, 9.17) is 0 Å². The quantitative estimate of drug-likeness (QED) is 0.358. The maximum Gasteiger partial charge on any atom is 0.152 e. The third-order valence-corrected chi connectivity index (χ3v) is 1.66. The standard InChI is InChI=1S/C12H18O/c1-10(2)8-9-11(3)6-5-7-12(4)13/h5-7H,1,8-9H2,2-4H3. The molecule has 0 spiro atoms. The van der Waals surface area contributed by atoms with Gasteiger partial charge in [0, 0.05) is 0 Å². The molecule has 0 aromatic heterocycles. The fourth-order valence-corrected chi connectivity index (χ4v) is 0.842. The summed E-state index contributed by atoms with van der Waals surface area (Å²) in [7, 11) is 0. The van der Waals surface area contributed by atoms with Gasteiger partial charge >= 0.3 is 0 Å². The highest BCUT2D eigenvalue weighted by molar-refractivity contribution is 5.87. The molecule has 1 heteroatoms. The second kappa shape index (κ2) is 6.41. The molecule has 0 aliphatic carbocycles. The fourth-order valence-electron chi connectivity index (χ4n) is 0.842. The molecule has 0 rings (SSSR count). The SMILES string of the molecule is C=C(C)CCC(C)=CC=CC(C)=O. The van der Waals surface area contributed by atoms with Crippen LogP contribution in [0.3, 0.4) is 0 Å². The monoisotopic (exact) mass is 178 g/mol. The summed E-state index contributed by atoms with van der Waals surface area (Å²) in [6.07, 6.45) is 7.40. The van der Waals surface area contributed by atoms with E-state index in [1.54, 1.807) is 19.1 Å². The summed E-state index contributed by atoms with van der Waals surface area (Å²) >= 11 is 0. The van der Waals surface area contributed by atoms with E-state index in [2.05, 4.69) is 13.5 Å². The summed E-state index contributed by atoms with van der Waals surface area (Å²) in [5, 5.41) is 0. The lowest BCUT2D eigenvalue weighted by molar-refractivity contribution is -0.112. The molecule has 0 N–H and O–H groups in total. The summed E-state index contributed by atoms with van der Waals surface area (Å²) in [5.41, 5.74) is 2.48. The van der Waals surface area contributed by atoms with Gasteiger partial charge in [0.1, 0.15) is 0 Å². The van der Waals surface area contributed by atoms with Crippen LogP contribution in [0.1, 0.15) is 33.6 Å². The van der Waals surface area contributed by atoms with Crippen LogP contribution in [0.4, 0.5) is 0 Å². The van der Waals surface area contributed by atoms with Crippen LogP contribution in [0.2, 0.25) is 0 Å². The molecule has 0 saturated carbocycles. The lowest BCUT2D eigenvalue weighted by Crippen LogP contribution is -1.80. The van der Waals surface area contributed by atoms with E-state index in [0.717, 1.165) is 12.8 Å². The van der Waals surface area contributed by atoms with Crippen LogP contribution in [0.25, 0.3) is 0 Å². The molecule has 1 nitrogen and oxygen atoms in total. The van der Waals surface area contributed by atoms with Crippen LogP contribution >= 0.6 is 0 Å². The van der Waals surface area contributed by atoms with E-state index < -0.39 is 0 Å². The Bertz CT molecular complexity index is 244. The zero-order chi connectivity index (χ0) is 10.3. The maximum absolute atomic E-state index is 10.6. The first-order chi connectivity index (χ1) is 6.02. The van der Waals surface area contributed by atoms with Crippen molar-refractivity contribution in [3.05, 3.63) is 36.0 Å². The predicted molar refractivity (Wildman–Crippen MR) is 57.6 cm³/mol. The lowest BCUT2D eigenvalue weighted by Gasteiger charge is -1.98. The summed E-state index contributed by atoms with van der Waals surface area (Å²) in [5.74, 6) is 0.0870.